The van der Waals surface area contributed by atoms with Gasteiger partial charge >= 0.3 is 0 Å². The highest BCUT2D eigenvalue weighted by Crippen LogP contribution is 2.28. The van der Waals surface area contributed by atoms with Crippen LogP contribution in [0.15, 0.2) is 48.5 Å². The van der Waals surface area contributed by atoms with E-state index in [-0.39, 0.29) is 6.61 Å². The summed E-state index contributed by atoms with van der Waals surface area (Å²) >= 11 is 0. The van der Waals surface area contributed by atoms with Gasteiger partial charge in [-0.05, 0) is 49.7 Å². The second-order valence-corrected chi connectivity index (χ2v) is 8.52. The molecule has 1 aliphatic carbocycles. The number of hydrogen-bond donors (Lipinski definition) is 2. The summed E-state index contributed by atoms with van der Waals surface area (Å²) in [5, 5.41) is 13.8. The predicted molar refractivity (Wildman–Crippen MR) is 128 cm³/mol. The van der Waals surface area contributed by atoms with Gasteiger partial charge in [0, 0.05) is 25.7 Å². The second kappa shape index (κ2) is 13.3. The molecular weight excluding hydrogens is 404 g/mol. The van der Waals surface area contributed by atoms with E-state index in [4.69, 9.17) is 14.2 Å². The molecule has 0 spiro atoms. The van der Waals surface area contributed by atoms with E-state index in [1.165, 1.54) is 32.1 Å². The molecule has 1 saturated carbocycles. The molecule has 32 heavy (non-hydrogen) atoms. The Morgan fingerprint density at radius 1 is 1.03 bits per heavy atom. The minimum absolute atomic E-state index is 0.252. The number of aliphatic hydroxyl groups excluding tert-OH is 1. The lowest BCUT2D eigenvalue weighted by atomic mass is 9.94. The fourth-order valence-corrected chi connectivity index (χ4v) is 4.17. The molecule has 0 bridgehead atoms. The molecule has 176 valence electrons. The summed E-state index contributed by atoms with van der Waals surface area (Å²) in [7, 11) is 3.74. The van der Waals surface area contributed by atoms with Gasteiger partial charge in [0.2, 0.25) is 0 Å². The molecule has 0 aromatic heterocycles. The Balaban J connectivity index is 1.39. The van der Waals surface area contributed by atoms with Gasteiger partial charge in [-0.25, -0.2) is 0 Å². The first kappa shape index (κ1) is 24.4. The van der Waals surface area contributed by atoms with Gasteiger partial charge in [-0.1, -0.05) is 43.5 Å². The molecule has 2 N–H and O–H groups in total. The maximum atomic E-state index is 10.4. The lowest BCUT2D eigenvalue weighted by Crippen LogP contribution is -2.40. The topological polar surface area (TPSA) is 63.2 Å². The van der Waals surface area contributed by atoms with Gasteiger partial charge < -0.3 is 29.5 Å². The highest BCUT2D eigenvalue weighted by atomic mass is 16.5. The van der Waals surface area contributed by atoms with Crippen LogP contribution < -0.4 is 19.5 Å². The smallest absolute Gasteiger partial charge is 0.161 e. The summed E-state index contributed by atoms with van der Waals surface area (Å²) in [6.45, 7) is 2.94. The summed E-state index contributed by atoms with van der Waals surface area (Å²) < 4.78 is 17.1. The number of methoxy groups -OCH3 is 1. The third-order valence-electron chi connectivity index (χ3n) is 5.98. The Bertz CT molecular complexity index is 781. The van der Waals surface area contributed by atoms with Crippen LogP contribution in [0.2, 0.25) is 0 Å². The monoisotopic (exact) mass is 442 g/mol. The van der Waals surface area contributed by atoms with E-state index in [1.54, 1.807) is 7.11 Å². The Kier molecular flexibility index (Phi) is 10.1. The number of nitrogens with one attached hydrogen (secondary N) is 1. The maximum Gasteiger partial charge on any atom is 0.161 e. The van der Waals surface area contributed by atoms with Crippen molar-refractivity contribution in [3.8, 4) is 17.2 Å². The molecule has 0 unspecified atom stereocenters. The van der Waals surface area contributed by atoms with Crippen LogP contribution in [0.25, 0.3) is 0 Å². The first-order valence-corrected chi connectivity index (χ1v) is 11.7. The van der Waals surface area contributed by atoms with E-state index in [0.29, 0.717) is 37.2 Å². The van der Waals surface area contributed by atoms with Gasteiger partial charge in [0.25, 0.3) is 0 Å². The van der Waals surface area contributed by atoms with Crippen LogP contribution in [0, 0.1) is 0 Å². The first-order valence-electron chi connectivity index (χ1n) is 11.7. The van der Waals surface area contributed by atoms with Crippen molar-refractivity contribution in [1.29, 1.82) is 0 Å². The highest BCUT2D eigenvalue weighted by molar-refractivity contribution is 5.43. The van der Waals surface area contributed by atoms with Crippen molar-refractivity contribution < 1.29 is 19.3 Å². The lowest BCUT2D eigenvalue weighted by Gasteiger charge is -2.32. The molecule has 1 aliphatic rings. The van der Waals surface area contributed by atoms with E-state index in [0.717, 1.165) is 17.9 Å². The standard InChI is InChI=1S/C26H38N2O4/c1-28(22-9-5-3-6-10-22)19-23(29)20-32-25-14-13-21(17-26(25)30-2)18-27-15-16-31-24-11-7-4-8-12-24/h4,7-8,11-14,17,22-23,27,29H,3,5-6,9-10,15-16,18-20H2,1-2H3/t23-/m1/s1. The summed E-state index contributed by atoms with van der Waals surface area (Å²) in [5.41, 5.74) is 1.10. The molecule has 0 aliphatic heterocycles. The average Bonchev–Trinajstić information content (AvgIpc) is 2.84. The number of rotatable bonds is 13. The molecule has 0 heterocycles. The van der Waals surface area contributed by atoms with E-state index in [9.17, 15) is 5.11 Å². The minimum atomic E-state index is -0.530. The third kappa shape index (κ3) is 8.01. The molecular formula is C26H38N2O4. The Morgan fingerprint density at radius 2 is 1.81 bits per heavy atom. The number of likely N-dealkylation sites (N-methyl/N-ethyl adjacent to an activating group) is 1. The number of ether oxygens (including phenoxy) is 3. The van der Waals surface area contributed by atoms with Gasteiger partial charge in [0.05, 0.1) is 7.11 Å². The third-order valence-corrected chi connectivity index (χ3v) is 5.98. The van der Waals surface area contributed by atoms with E-state index in [1.807, 2.05) is 48.5 Å². The largest absolute Gasteiger partial charge is 0.493 e. The van der Waals surface area contributed by atoms with Gasteiger partial charge in [0.15, 0.2) is 11.5 Å². The zero-order valence-corrected chi connectivity index (χ0v) is 19.5. The van der Waals surface area contributed by atoms with Gasteiger partial charge in [0.1, 0.15) is 25.1 Å². The molecule has 6 heteroatoms. The number of hydrogen-bond acceptors (Lipinski definition) is 6. The van der Waals surface area contributed by atoms with Crippen LogP contribution >= 0.6 is 0 Å². The van der Waals surface area contributed by atoms with Crippen molar-refractivity contribution in [2.24, 2.45) is 0 Å². The molecule has 1 fully saturated rings. The molecule has 2 aromatic carbocycles. The molecule has 1 atom stereocenters. The van der Waals surface area contributed by atoms with Crippen molar-refractivity contribution >= 4 is 0 Å². The highest BCUT2D eigenvalue weighted by Gasteiger charge is 2.20. The van der Waals surface area contributed by atoms with Crippen LogP contribution in [0.5, 0.6) is 17.2 Å². The zero-order chi connectivity index (χ0) is 22.6. The number of nitrogens with zero attached hydrogens (tertiary/aromatic N) is 1. The molecule has 0 amide bonds. The SMILES string of the molecule is COc1cc(CNCCOc2ccccc2)ccc1OC[C@H](O)CN(C)C1CCCCC1. The average molecular weight is 443 g/mol. The van der Waals surface area contributed by atoms with E-state index in [2.05, 4.69) is 17.3 Å². The summed E-state index contributed by atoms with van der Waals surface area (Å²) in [4.78, 5) is 2.28. The quantitative estimate of drug-likeness (QED) is 0.459. The molecule has 6 nitrogen and oxygen atoms in total. The van der Waals surface area contributed by atoms with Crippen LogP contribution in [0.4, 0.5) is 0 Å². The van der Waals surface area contributed by atoms with Crippen LogP contribution in [0.1, 0.15) is 37.7 Å². The normalized spacial score (nSPS) is 15.5. The molecule has 0 radical (unpaired) electrons. The van der Waals surface area contributed by atoms with Crippen LogP contribution in [-0.4, -0.2) is 62.6 Å². The molecule has 2 aromatic rings. The Morgan fingerprint density at radius 3 is 2.56 bits per heavy atom. The fraction of sp³-hybridized carbons (Fsp3) is 0.538. The number of benzene rings is 2. The van der Waals surface area contributed by atoms with Crippen molar-refractivity contribution in [2.45, 2.75) is 50.8 Å². The van der Waals surface area contributed by atoms with Gasteiger partial charge in [-0.2, -0.15) is 0 Å². The van der Waals surface area contributed by atoms with Gasteiger partial charge in [-0.15, -0.1) is 0 Å². The summed E-state index contributed by atoms with van der Waals surface area (Å²) in [6.07, 6.45) is 5.85. The first-order chi connectivity index (χ1) is 15.7. The predicted octanol–water partition coefficient (Wildman–Crippen LogP) is 3.87. The Hall–Kier alpha value is -2.28. The summed E-state index contributed by atoms with van der Waals surface area (Å²) in [6, 6.07) is 16.3. The molecule has 0 saturated heterocycles. The lowest BCUT2D eigenvalue weighted by molar-refractivity contribution is 0.0553. The zero-order valence-electron chi connectivity index (χ0n) is 19.5. The second-order valence-electron chi connectivity index (χ2n) is 8.52. The van der Waals surface area contributed by atoms with Crippen LogP contribution in [-0.2, 0) is 6.54 Å². The van der Waals surface area contributed by atoms with E-state index < -0.39 is 6.10 Å². The number of para-hydroxylation sites is 1. The van der Waals surface area contributed by atoms with Crippen molar-refractivity contribution in [3.63, 3.8) is 0 Å². The minimum Gasteiger partial charge on any atom is -0.493 e. The van der Waals surface area contributed by atoms with Crippen molar-refractivity contribution in [2.75, 3.05) is 40.5 Å². The Labute approximate surface area is 192 Å². The maximum absolute atomic E-state index is 10.4. The van der Waals surface area contributed by atoms with Gasteiger partial charge in [-0.3, -0.25) is 0 Å². The van der Waals surface area contributed by atoms with Crippen LogP contribution in [0.3, 0.4) is 0 Å². The number of aliphatic hydroxyl groups is 1. The summed E-state index contributed by atoms with van der Waals surface area (Å²) in [5.74, 6) is 2.21. The molecule has 3 rings (SSSR count). The van der Waals surface area contributed by atoms with Crippen molar-refractivity contribution in [3.05, 3.63) is 54.1 Å². The fourth-order valence-electron chi connectivity index (χ4n) is 4.17. The van der Waals surface area contributed by atoms with E-state index >= 15 is 0 Å². The van der Waals surface area contributed by atoms with Crippen molar-refractivity contribution in [1.82, 2.24) is 10.2 Å².